The minimum atomic E-state index is -1.45. The number of nitrogens with one attached hydrogen (secondary N) is 1. The van der Waals surface area contributed by atoms with Gasteiger partial charge < -0.3 is 109 Å². The van der Waals surface area contributed by atoms with Crippen molar-refractivity contribution in [1.29, 1.82) is 0 Å². The predicted octanol–water partition coefficient (Wildman–Crippen LogP) is -1.06. The van der Waals surface area contributed by atoms with Crippen molar-refractivity contribution in [3.05, 3.63) is 83.6 Å². The predicted molar refractivity (Wildman–Crippen MR) is 393 cm³/mol. The van der Waals surface area contributed by atoms with E-state index in [1.807, 2.05) is 12.1 Å². The molecule has 2 aromatic carbocycles. The van der Waals surface area contributed by atoms with Crippen LogP contribution in [0, 0.1) is 5.82 Å². The number of benzene rings is 2. The molecule has 3 heterocycles. The first-order valence-corrected chi connectivity index (χ1v) is 36.7. The molecule has 109 heavy (non-hydrogen) atoms. The maximum atomic E-state index is 15.2. The molecule has 0 saturated carbocycles. The number of halogens is 2. The topological polar surface area (TPSA) is 391 Å². The number of carbonyl (C=O) groups is 11. The van der Waals surface area contributed by atoms with Crippen molar-refractivity contribution in [2.45, 2.75) is 77.5 Å². The molecule has 0 spiro atoms. The van der Waals surface area contributed by atoms with Crippen LogP contribution in [0.5, 0.6) is 11.5 Å². The number of primary amides is 1. The molecule has 34 nitrogen and oxygen atoms in total. The number of alkyl halides is 1. The molecular weight excluding hydrogens is 1430 g/mol. The number of carbonyl (C=O) groups excluding carboxylic acids is 11. The molecular formula is C73H113F2N15O19. The number of unbranched alkanes of at least 4 members (excludes halogenated alkanes) is 2. The van der Waals surface area contributed by atoms with E-state index < -0.39 is 149 Å². The zero-order valence-electron chi connectivity index (χ0n) is 64.0. The molecule has 3 aromatic rings. The molecule has 0 unspecified atom stereocenters. The summed E-state index contributed by atoms with van der Waals surface area (Å²) in [5.74, 6) is -7.25. The molecule has 7 N–H and O–H groups in total. The van der Waals surface area contributed by atoms with Gasteiger partial charge in [-0.2, -0.15) is 0 Å². The van der Waals surface area contributed by atoms with Crippen molar-refractivity contribution in [3.63, 3.8) is 0 Å². The second-order valence-corrected chi connectivity index (χ2v) is 26.4. The third kappa shape index (κ3) is 31.8. The molecule has 2 aliphatic heterocycles. The minimum absolute atomic E-state index is 0.0000607. The second kappa shape index (κ2) is 49.9. The highest BCUT2D eigenvalue weighted by atomic mass is 19.1. The number of fused-ring (bicyclic) bond motifs is 1. The Morgan fingerprint density at radius 1 is 0.505 bits per heavy atom. The zero-order valence-corrected chi connectivity index (χ0v) is 64.0. The Hall–Kier alpha value is -9.01. The van der Waals surface area contributed by atoms with Gasteiger partial charge in [0.05, 0.1) is 97.4 Å². The fourth-order valence-electron chi connectivity index (χ4n) is 11.8. The molecule has 0 radical (unpaired) electrons. The summed E-state index contributed by atoms with van der Waals surface area (Å²) in [5.41, 5.74) is 19.1. The number of hydrogen-bond donors (Lipinski definition) is 4. The summed E-state index contributed by atoms with van der Waals surface area (Å²) in [6.45, 7) is -1.70. The number of rotatable bonds is 54. The molecule has 2 atom stereocenters. The summed E-state index contributed by atoms with van der Waals surface area (Å²) in [5, 5.41) is 3.26. The lowest BCUT2D eigenvalue weighted by Gasteiger charge is -2.36. The Morgan fingerprint density at radius 2 is 0.972 bits per heavy atom. The van der Waals surface area contributed by atoms with Crippen LogP contribution in [0.4, 0.5) is 8.78 Å². The van der Waals surface area contributed by atoms with E-state index in [-0.39, 0.29) is 118 Å². The van der Waals surface area contributed by atoms with Gasteiger partial charge in [0.25, 0.3) is 0 Å². The highest BCUT2D eigenvalue weighted by Gasteiger charge is 2.36. The summed E-state index contributed by atoms with van der Waals surface area (Å²) in [6.07, 6.45) is 4.71. The van der Waals surface area contributed by atoms with Gasteiger partial charge in [-0.3, -0.25) is 57.6 Å². The van der Waals surface area contributed by atoms with E-state index in [9.17, 15) is 47.1 Å². The number of morpholine rings is 1. The molecule has 608 valence electrons. The van der Waals surface area contributed by atoms with E-state index in [0.717, 1.165) is 25.2 Å². The Morgan fingerprint density at radius 3 is 1.48 bits per heavy atom. The molecule has 0 aliphatic carbocycles. The van der Waals surface area contributed by atoms with Gasteiger partial charge in [-0.15, -0.1) is 0 Å². The van der Waals surface area contributed by atoms with Gasteiger partial charge >= 0.3 is 0 Å². The van der Waals surface area contributed by atoms with Crippen molar-refractivity contribution >= 4 is 65.0 Å². The van der Waals surface area contributed by atoms with Crippen LogP contribution < -0.4 is 32.0 Å². The monoisotopic (exact) mass is 1540 g/mol. The quantitative estimate of drug-likeness (QED) is 0.0387. The van der Waals surface area contributed by atoms with Crippen LogP contribution in [-0.2, 0) is 95.9 Å². The van der Waals surface area contributed by atoms with E-state index in [1.165, 1.54) is 77.6 Å². The summed E-state index contributed by atoms with van der Waals surface area (Å²) < 4.78 is 71.7. The Bertz CT molecular complexity index is 3320. The van der Waals surface area contributed by atoms with Gasteiger partial charge in [-0.05, 0) is 107 Å². The number of furan rings is 1. The SMILES string of the molecule is COCCCN(C(=O)[C@H](C)NCc1ccc2c(c1)OCO2)[C@H](C)C(=O)N(CCc1ccc(F)cc1)CC(=O)N(CCN1CCOCC1)CC(=O)N(CCCCN)CC(=O)N(CCCCN)CC(=O)N(CCOC)CC(=O)N(CC(=O)N(CCOC)CC(=O)N(CF)CC(=O)N(CCOC)CC(N)=O)Cc1ccoc1. The Balaban J connectivity index is 1.41. The van der Waals surface area contributed by atoms with E-state index in [4.69, 9.17) is 54.8 Å². The van der Waals surface area contributed by atoms with Crippen LogP contribution in [0.25, 0.3) is 0 Å². The van der Waals surface area contributed by atoms with Gasteiger partial charge in [0.2, 0.25) is 71.8 Å². The average Bonchev–Trinajstić information content (AvgIpc) is 1.67. The molecule has 2 aliphatic rings. The lowest BCUT2D eigenvalue weighted by atomic mass is 10.1. The van der Waals surface area contributed by atoms with Gasteiger partial charge in [-0.1, -0.05) is 18.2 Å². The fourth-order valence-corrected chi connectivity index (χ4v) is 11.8. The first kappa shape index (κ1) is 90.6. The van der Waals surface area contributed by atoms with Gasteiger partial charge in [0, 0.05) is 126 Å². The molecule has 0 bridgehead atoms. The van der Waals surface area contributed by atoms with Crippen molar-refractivity contribution < 1.29 is 99.1 Å². The lowest BCUT2D eigenvalue weighted by Crippen LogP contribution is -2.56. The van der Waals surface area contributed by atoms with E-state index >= 15 is 14.4 Å². The van der Waals surface area contributed by atoms with Crippen LogP contribution >= 0.6 is 0 Å². The number of ether oxygens (including phenoxy) is 7. The molecule has 5 rings (SSSR count). The third-order valence-corrected chi connectivity index (χ3v) is 18.3. The number of nitrogens with two attached hydrogens (primary N) is 3. The fraction of sp³-hybridized carbons (Fsp3) is 0.630. The van der Waals surface area contributed by atoms with Crippen LogP contribution in [0.15, 0.2) is 65.5 Å². The Labute approximate surface area is 636 Å². The first-order chi connectivity index (χ1) is 52.5. The first-order valence-electron chi connectivity index (χ1n) is 36.7. The van der Waals surface area contributed by atoms with Crippen LogP contribution in [0.3, 0.4) is 0 Å². The van der Waals surface area contributed by atoms with Gasteiger partial charge in [0.15, 0.2) is 18.3 Å². The standard InChI is InChI=1S/C73H113F2N15O19/c1-55(79-41-58-14-17-61-62(40-58)109-54-108-61)72(100)90(24-11-33-102-3)56(2)73(101)87(25-18-57-12-15-60(75)16-13-57)49-67(95)83(27-26-80-28-38-106-39-29-80)46-65(93)81(22-9-7-20-76)44-64(92)82(23-10-8-21-77)45-66(94)85(31-36-104-5)47-70(98)88(42-59-19-34-107-52-59)50-68(96)86(32-37-105-6)48-71(99)89(53-74)51-69(97)84(30-35-103-4)43-63(78)91/h12-17,19,34,40,52,55-56,79H,7-11,18,20-33,35-39,41-51,53-54,76-77H2,1-6H3,(H2,78,91)/t55-,56+/m0/s1. The van der Waals surface area contributed by atoms with Crippen molar-refractivity contribution in [2.75, 3.05) is 226 Å². The van der Waals surface area contributed by atoms with Crippen molar-refractivity contribution in [2.24, 2.45) is 17.2 Å². The van der Waals surface area contributed by atoms with E-state index in [1.54, 1.807) is 38.1 Å². The maximum Gasteiger partial charge on any atom is 0.245 e. The van der Waals surface area contributed by atoms with Crippen LogP contribution in [0.1, 0.15) is 62.6 Å². The van der Waals surface area contributed by atoms with Gasteiger partial charge in [-0.25, -0.2) is 8.78 Å². The zero-order chi connectivity index (χ0) is 79.6. The van der Waals surface area contributed by atoms with E-state index in [2.05, 4.69) is 10.2 Å². The maximum absolute atomic E-state index is 15.2. The van der Waals surface area contributed by atoms with Gasteiger partial charge in [0.1, 0.15) is 24.9 Å². The highest BCUT2D eigenvalue weighted by molar-refractivity contribution is 5.95. The molecule has 1 aromatic heterocycles. The number of hydrogen-bond acceptors (Lipinski definition) is 23. The summed E-state index contributed by atoms with van der Waals surface area (Å²) in [6, 6.07) is 10.8. The van der Waals surface area contributed by atoms with Crippen molar-refractivity contribution in [1.82, 2.24) is 59.2 Å². The normalized spacial score (nSPS) is 13.0. The molecule has 1 saturated heterocycles. The highest BCUT2D eigenvalue weighted by Crippen LogP contribution is 2.32. The smallest absolute Gasteiger partial charge is 0.245 e. The lowest BCUT2D eigenvalue weighted by molar-refractivity contribution is -0.150. The van der Waals surface area contributed by atoms with Crippen molar-refractivity contribution in [3.8, 4) is 11.5 Å². The Kier molecular flexibility index (Phi) is 41.5. The summed E-state index contributed by atoms with van der Waals surface area (Å²) in [4.78, 5) is 171. The number of nitrogens with zero attached hydrogens (tertiary/aromatic N) is 11. The molecule has 36 heteroatoms. The summed E-state index contributed by atoms with van der Waals surface area (Å²) in [7, 11) is 5.60. The third-order valence-electron chi connectivity index (χ3n) is 18.3. The average molecular weight is 1540 g/mol. The number of methoxy groups -OCH3 is 4. The minimum Gasteiger partial charge on any atom is -0.472 e. The largest absolute Gasteiger partial charge is 0.472 e. The second-order valence-electron chi connectivity index (χ2n) is 26.4. The molecule has 11 amide bonds. The van der Waals surface area contributed by atoms with Crippen LogP contribution in [-0.4, -0.2) is 357 Å². The molecule has 1 fully saturated rings. The van der Waals surface area contributed by atoms with E-state index in [0.29, 0.717) is 92.5 Å². The number of amides is 11. The van der Waals surface area contributed by atoms with Crippen LogP contribution in [0.2, 0.25) is 0 Å². The summed E-state index contributed by atoms with van der Waals surface area (Å²) >= 11 is 0.